The highest BCUT2D eigenvalue weighted by atomic mass is 35.5. The zero-order chi connectivity index (χ0) is 24.7. The van der Waals surface area contributed by atoms with Crippen LogP contribution in [0.5, 0.6) is 0 Å². The van der Waals surface area contributed by atoms with Gasteiger partial charge < -0.3 is 4.90 Å². The molecule has 0 saturated carbocycles. The molecule has 0 spiro atoms. The summed E-state index contributed by atoms with van der Waals surface area (Å²) in [5.74, 6) is -1.67. The second-order valence-electron chi connectivity index (χ2n) is 8.74. The minimum absolute atomic E-state index is 0.273. The van der Waals surface area contributed by atoms with Crippen LogP contribution in [-0.2, 0) is 9.59 Å². The number of ketones is 1. The normalized spacial score (nSPS) is 17.0. The van der Waals surface area contributed by atoms with E-state index in [4.69, 9.17) is 11.6 Å². The van der Waals surface area contributed by atoms with Crippen LogP contribution in [-0.4, -0.2) is 49.0 Å². The first-order valence-electron chi connectivity index (χ1n) is 11.2. The van der Waals surface area contributed by atoms with Gasteiger partial charge in [-0.3, -0.25) is 19.3 Å². The fraction of sp³-hybridized carbons (Fsp3) is 0.185. The first kappa shape index (κ1) is 22.8. The zero-order valence-electron chi connectivity index (χ0n) is 19.3. The van der Waals surface area contributed by atoms with Crippen molar-refractivity contribution < 1.29 is 14.4 Å². The third-order valence-corrected chi connectivity index (χ3v) is 6.56. The number of benzene rings is 3. The van der Waals surface area contributed by atoms with Gasteiger partial charge in [0.15, 0.2) is 0 Å². The van der Waals surface area contributed by atoms with Crippen LogP contribution in [0.15, 0.2) is 77.9 Å². The number of nitrogens with zero attached hydrogens (tertiary/aromatic N) is 4. The molecule has 0 saturated heterocycles. The summed E-state index contributed by atoms with van der Waals surface area (Å²) in [7, 11) is 3.93. The fourth-order valence-electron chi connectivity index (χ4n) is 4.42. The van der Waals surface area contributed by atoms with Crippen LogP contribution in [0.3, 0.4) is 0 Å². The van der Waals surface area contributed by atoms with Crippen LogP contribution < -0.4 is 9.80 Å². The number of carbonyl (C=O) groups is 3. The third-order valence-electron chi connectivity index (χ3n) is 6.31. The second-order valence-corrected chi connectivity index (χ2v) is 9.17. The summed E-state index contributed by atoms with van der Waals surface area (Å²) < 4.78 is 0. The maximum Gasteiger partial charge on any atom is 0.299 e. The number of hydrazone groups is 1. The van der Waals surface area contributed by atoms with E-state index < -0.39 is 11.7 Å². The van der Waals surface area contributed by atoms with Crippen LogP contribution in [0, 0.1) is 0 Å². The van der Waals surface area contributed by atoms with Crippen molar-refractivity contribution in [3.8, 4) is 0 Å². The maximum atomic E-state index is 13.5. The van der Waals surface area contributed by atoms with Crippen molar-refractivity contribution in [2.45, 2.75) is 12.5 Å². The Balaban J connectivity index is 1.47. The van der Waals surface area contributed by atoms with Crippen molar-refractivity contribution in [1.29, 1.82) is 0 Å². The molecule has 5 rings (SSSR count). The smallest absolute Gasteiger partial charge is 0.299 e. The Labute approximate surface area is 208 Å². The number of halogens is 1. The molecule has 8 heteroatoms. The molecule has 0 aliphatic carbocycles. The Hall–Kier alpha value is -3.97. The molecule has 2 amide bonds. The van der Waals surface area contributed by atoms with Gasteiger partial charge in [-0.1, -0.05) is 48.0 Å². The molecule has 0 radical (unpaired) electrons. The zero-order valence-corrected chi connectivity index (χ0v) is 20.1. The van der Waals surface area contributed by atoms with E-state index in [1.165, 1.54) is 9.91 Å². The minimum Gasteiger partial charge on any atom is -0.378 e. The van der Waals surface area contributed by atoms with E-state index in [2.05, 4.69) is 5.10 Å². The SMILES string of the molecule is CN(C)c1ccc(C2CC(c3ccc(Cl)cc3)=NN2C(=O)CN2C(=O)C(=O)c3ccccc32)cc1. The molecule has 2 heterocycles. The number of hydrogen-bond donors (Lipinski definition) is 0. The number of para-hydroxylation sites is 1. The average Bonchev–Trinajstić information content (AvgIpc) is 3.41. The average molecular weight is 487 g/mol. The van der Waals surface area contributed by atoms with Gasteiger partial charge in [0.05, 0.1) is 23.0 Å². The summed E-state index contributed by atoms with van der Waals surface area (Å²) in [6.07, 6.45) is 0.512. The molecule has 176 valence electrons. The van der Waals surface area contributed by atoms with Gasteiger partial charge in [0.1, 0.15) is 6.54 Å². The largest absolute Gasteiger partial charge is 0.378 e. The predicted octanol–water partition coefficient (Wildman–Crippen LogP) is 4.31. The topological polar surface area (TPSA) is 73.3 Å². The number of Topliss-reactive ketones (excluding diaryl/α,β-unsaturated/α-hetero) is 1. The number of rotatable bonds is 5. The summed E-state index contributed by atoms with van der Waals surface area (Å²) in [5, 5.41) is 6.72. The molecule has 0 aromatic heterocycles. The van der Waals surface area contributed by atoms with Crippen LogP contribution in [0.4, 0.5) is 11.4 Å². The Bertz CT molecular complexity index is 1350. The lowest BCUT2D eigenvalue weighted by molar-refractivity contribution is -0.132. The van der Waals surface area contributed by atoms with Crippen molar-refractivity contribution in [1.82, 2.24) is 5.01 Å². The molecular formula is C27H23ClN4O3. The van der Waals surface area contributed by atoms with Gasteiger partial charge in [-0.25, -0.2) is 5.01 Å². The highest BCUT2D eigenvalue weighted by molar-refractivity contribution is 6.52. The standard InChI is InChI=1S/C27H23ClN4O3/c1-30(2)20-13-9-18(10-14-20)24-15-22(17-7-11-19(28)12-8-17)29-32(24)25(33)16-31-23-6-4-3-5-21(23)26(34)27(31)35/h3-14,24H,15-16H2,1-2H3. The Morgan fingerprint density at radius 3 is 2.37 bits per heavy atom. The number of amides is 2. The van der Waals surface area contributed by atoms with Gasteiger partial charge in [-0.2, -0.15) is 5.10 Å². The van der Waals surface area contributed by atoms with Gasteiger partial charge in [-0.05, 0) is 47.5 Å². The Morgan fingerprint density at radius 1 is 1.00 bits per heavy atom. The van der Waals surface area contributed by atoms with E-state index in [0.29, 0.717) is 22.7 Å². The van der Waals surface area contributed by atoms with Crippen LogP contribution >= 0.6 is 11.6 Å². The molecule has 3 aromatic rings. The van der Waals surface area contributed by atoms with Gasteiger partial charge in [0, 0.05) is 31.2 Å². The van der Waals surface area contributed by atoms with E-state index in [-0.39, 0.29) is 18.5 Å². The molecule has 3 aromatic carbocycles. The lowest BCUT2D eigenvalue weighted by atomic mass is 9.98. The van der Waals surface area contributed by atoms with E-state index in [9.17, 15) is 14.4 Å². The number of fused-ring (bicyclic) bond motifs is 1. The monoisotopic (exact) mass is 486 g/mol. The van der Waals surface area contributed by atoms with E-state index in [0.717, 1.165) is 22.5 Å². The van der Waals surface area contributed by atoms with Crippen molar-refractivity contribution in [2.24, 2.45) is 5.10 Å². The van der Waals surface area contributed by atoms with Gasteiger partial charge in [0.2, 0.25) is 0 Å². The minimum atomic E-state index is -0.701. The first-order chi connectivity index (χ1) is 16.8. The summed E-state index contributed by atoms with van der Waals surface area (Å²) >= 11 is 6.05. The number of hydrogen-bond acceptors (Lipinski definition) is 5. The lowest BCUT2D eigenvalue weighted by Crippen LogP contribution is -2.40. The lowest BCUT2D eigenvalue weighted by Gasteiger charge is -2.25. The first-order valence-corrected chi connectivity index (χ1v) is 11.6. The van der Waals surface area contributed by atoms with Crippen molar-refractivity contribution in [2.75, 3.05) is 30.4 Å². The maximum absolute atomic E-state index is 13.5. The van der Waals surface area contributed by atoms with Gasteiger partial charge in [-0.15, -0.1) is 0 Å². The van der Waals surface area contributed by atoms with Crippen molar-refractivity contribution >= 4 is 46.3 Å². The highest BCUT2D eigenvalue weighted by Crippen LogP contribution is 2.35. The van der Waals surface area contributed by atoms with E-state index in [1.54, 1.807) is 36.4 Å². The summed E-state index contributed by atoms with van der Waals surface area (Å²) in [6.45, 7) is -0.273. The molecule has 1 unspecified atom stereocenters. The molecule has 7 nitrogen and oxygen atoms in total. The van der Waals surface area contributed by atoms with Crippen molar-refractivity contribution in [3.63, 3.8) is 0 Å². The van der Waals surface area contributed by atoms with Gasteiger partial charge in [0.25, 0.3) is 17.6 Å². The molecule has 2 aliphatic rings. The Kier molecular flexibility index (Phi) is 5.86. The summed E-state index contributed by atoms with van der Waals surface area (Å²) in [5.41, 5.74) is 4.36. The van der Waals surface area contributed by atoms with Crippen LogP contribution in [0.1, 0.15) is 33.9 Å². The highest BCUT2D eigenvalue weighted by Gasteiger charge is 2.40. The molecule has 2 aliphatic heterocycles. The molecule has 35 heavy (non-hydrogen) atoms. The van der Waals surface area contributed by atoms with Gasteiger partial charge >= 0.3 is 0 Å². The second kappa shape index (κ2) is 9.00. The number of carbonyl (C=O) groups excluding carboxylic acids is 3. The van der Waals surface area contributed by atoms with Crippen molar-refractivity contribution in [3.05, 3.63) is 94.5 Å². The third kappa shape index (κ3) is 4.19. The number of anilines is 2. The summed E-state index contributed by atoms with van der Waals surface area (Å²) in [6, 6.07) is 21.7. The van der Waals surface area contributed by atoms with E-state index in [1.807, 2.05) is 55.4 Å². The fourth-order valence-corrected chi connectivity index (χ4v) is 4.55. The predicted molar refractivity (Wildman–Crippen MR) is 136 cm³/mol. The summed E-state index contributed by atoms with van der Waals surface area (Å²) in [4.78, 5) is 41.8. The van der Waals surface area contributed by atoms with E-state index >= 15 is 0 Å². The molecule has 0 bridgehead atoms. The van der Waals surface area contributed by atoms with Crippen LogP contribution in [0.2, 0.25) is 5.02 Å². The molecule has 0 N–H and O–H groups in total. The molecule has 0 fully saturated rings. The Morgan fingerprint density at radius 2 is 1.69 bits per heavy atom. The molecular weight excluding hydrogens is 464 g/mol. The van der Waals surface area contributed by atoms with Crippen LogP contribution in [0.25, 0.3) is 0 Å². The molecule has 1 atom stereocenters. The quantitative estimate of drug-likeness (QED) is 0.504.